The SMILES string of the molecule is CC(C)(COCCCC(F)(F)F)C(=O)NN. The number of hydrogen-bond donors (Lipinski definition) is 2. The normalized spacial score (nSPS) is 12.6. The van der Waals surface area contributed by atoms with E-state index in [4.69, 9.17) is 10.6 Å². The van der Waals surface area contributed by atoms with E-state index in [1.54, 1.807) is 13.8 Å². The Labute approximate surface area is 92.3 Å². The maximum atomic E-state index is 11.8. The van der Waals surface area contributed by atoms with Gasteiger partial charge in [-0.1, -0.05) is 0 Å². The van der Waals surface area contributed by atoms with Crippen molar-refractivity contribution in [2.45, 2.75) is 32.9 Å². The van der Waals surface area contributed by atoms with Gasteiger partial charge in [-0.25, -0.2) is 5.84 Å². The Hall–Kier alpha value is -0.820. The number of amides is 1. The summed E-state index contributed by atoms with van der Waals surface area (Å²) in [4.78, 5) is 11.2. The van der Waals surface area contributed by atoms with Gasteiger partial charge >= 0.3 is 6.18 Å². The minimum Gasteiger partial charge on any atom is -0.380 e. The lowest BCUT2D eigenvalue weighted by molar-refractivity contribution is -0.140. The maximum Gasteiger partial charge on any atom is 0.389 e. The first-order chi connectivity index (χ1) is 7.19. The van der Waals surface area contributed by atoms with E-state index in [2.05, 4.69) is 0 Å². The number of hydrogen-bond acceptors (Lipinski definition) is 3. The predicted molar refractivity (Wildman–Crippen MR) is 52.2 cm³/mol. The van der Waals surface area contributed by atoms with E-state index in [0.717, 1.165) is 0 Å². The molecular formula is C9H17F3N2O2. The number of halogens is 3. The van der Waals surface area contributed by atoms with Crippen LogP contribution in [-0.4, -0.2) is 25.3 Å². The summed E-state index contributed by atoms with van der Waals surface area (Å²) in [5.74, 6) is 4.53. The fraction of sp³-hybridized carbons (Fsp3) is 0.889. The summed E-state index contributed by atoms with van der Waals surface area (Å²) in [6.07, 6.45) is -5.14. The van der Waals surface area contributed by atoms with E-state index in [-0.39, 0.29) is 19.6 Å². The van der Waals surface area contributed by atoms with Crippen molar-refractivity contribution in [1.82, 2.24) is 5.43 Å². The van der Waals surface area contributed by atoms with Crippen molar-refractivity contribution in [3.05, 3.63) is 0 Å². The van der Waals surface area contributed by atoms with E-state index < -0.39 is 23.9 Å². The molecule has 4 nitrogen and oxygen atoms in total. The Bertz CT molecular complexity index is 229. The lowest BCUT2D eigenvalue weighted by Crippen LogP contribution is -2.43. The Morgan fingerprint density at radius 2 is 1.94 bits per heavy atom. The van der Waals surface area contributed by atoms with Gasteiger partial charge in [0.1, 0.15) is 0 Å². The van der Waals surface area contributed by atoms with Gasteiger partial charge in [-0.2, -0.15) is 13.2 Å². The number of hydrazine groups is 1. The Balaban J connectivity index is 3.70. The van der Waals surface area contributed by atoms with Gasteiger partial charge in [-0.05, 0) is 20.3 Å². The second kappa shape index (κ2) is 6.05. The van der Waals surface area contributed by atoms with Crippen molar-refractivity contribution in [2.75, 3.05) is 13.2 Å². The molecule has 0 aromatic carbocycles. The number of carbonyl (C=O) groups is 1. The zero-order valence-electron chi connectivity index (χ0n) is 9.36. The standard InChI is InChI=1S/C9H17F3N2O2/c1-8(2,7(15)14-13)6-16-5-3-4-9(10,11)12/h3-6,13H2,1-2H3,(H,14,15). The molecule has 7 heteroatoms. The van der Waals surface area contributed by atoms with Crippen LogP contribution < -0.4 is 11.3 Å². The average Bonchev–Trinajstić information content (AvgIpc) is 2.14. The van der Waals surface area contributed by atoms with Crippen molar-refractivity contribution >= 4 is 5.91 Å². The van der Waals surface area contributed by atoms with Crippen molar-refractivity contribution < 1.29 is 22.7 Å². The lowest BCUT2D eigenvalue weighted by Gasteiger charge is -2.21. The van der Waals surface area contributed by atoms with E-state index in [0.29, 0.717) is 0 Å². The van der Waals surface area contributed by atoms with Gasteiger partial charge in [0.2, 0.25) is 5.91 Å². The van der Waals surface area contributed by atoms with Crippen LogP contribution in [0.4, 0.5) is 13.2 Å². The monoisotopic (exact) mass is 242 g/mol. The minimum absolute atomic E-state index is 0.0270. The van der Waals surface area contributed by atoms with Crippen molar-refractivity contribution in [3.8, 4) is 0 Å². The smallest absolute Gasteiger partial charge is 0.380 e. The molecule has 3 N–H and O–H groups in total. The third-order valence-corrected chi connectivity index (χ3v) is 1.96. The molecule has 0 aromatic rings. The van der Waals surface area contributed by atoms with Crippen LogP contribution in [-0.2, 0) is 9.53 Å². The molecule has 0 atom stereocenters. The molecule has 1 amide bonds. The Kier molecular flexibility index (Phi) is 5.74. The van der Waals surface area contributed by atoms with Crippen molar-refractivity contribution in [2.24, 2.45) is 11.3 Å². The lowest BCUT2D eigenvalue weighted by atomic mass is 9.94. The van der Waals surface area contributed by atoms with E-state index in [1.165, 1.54) is 0 Å². The average molecular weight is 242 g/mol. The first kappa shape index (κ1) is 15.2. The molecule has 0 aliphatic heterocycles. The van der Waals surface area contributed by atoms with Gasteiger partial charge in [0.25, 0.3) is 0 Å². The molecule has 0 saturated carbocycles. The summed E-state index contributed by atoms with van der Waals surface area (Å²) < 4.78 is 40.3. The second-order valence-electron chi connectivity index (χ2n) is 4.13. The quantitative estimate of drug-likeness (QED) is 0.320. The largest absolute Gasteiger partial charge is 0.389 e. The highest BCUT2D eigenvalue weighted by Gasteiger charge is 2.28. The van der Waals surface area contributed by atoms with Crippen LogP contribution in [0.5, 0.6) is 0 Å². The summed E-state index contributed by atoms with van der Waals surface area (Å²) in [5, 5.41) is 0. The zero-order chi connectivity index (χ0) is 12.8. The summed E-state index contributed by atoms with van der Waals surface area (Å²) in [7, 11) is 0. The molecule has 0 fully saturated rings. The van der Waals surface area contributed by atoms with Gasteiger partial charge in [0.15, 0.2) is 0 Å². The number of carbonyl (C=O) groups excluding carboxylic acids is 1. The van der Waals surface area contributed by atoms with Crippen LogP contribution in [0.2, 0.25) is 0 Å². The number of alkyl halides is 3. The molecule has 16 heavy (non-hydrogen) atoms. The number of ether oxygens (including phenoxy) is 1. The molecular weight excluding hydrogens is 225 g/mol. The molecule has 0 heterocycles. The molecule has 0 aliphatic carbocycles. The molecule has 0 rings (SSSR count). The molecule has 0 saturated heterocycles. The second-order valence-corrected chi connectivity index (χ2v) is 4.13. The van der Waals surface area contributed by atoms with Crippen LogP contribution in [0.15, 0.2) is 0 Å². The minimum atomic E-state index is -4.16. The first-order valence-electron chi connectivity index (χ1n) is 4.84. The van der Waals surface area contributed by atoms with Gasteiger partial charge < -0.3 is 4.74 Å². The highest BCUT2D eigenvalue weighted by Crippen LogP contribution is 2.21. The highest BCUT2D eigenvalue weighted by molar-refractivity contribution is 5.81. The van der Waals surface area contributed by atoms with Gasteiger partial charge in [-0.15, -0.1) is 0 Å². The van der Waals surface area contributed by atoms with Gasteiger partial charge in [0.05, 0.1) is 12.0 Å². The summed E-state index contributed by atoms with van der Waals surface area (Å²) in [6, 6.07) is 0. The van der Waals surface area contributed by atoms with E-state index in [1.807, 2.05) is 5.43 Å². The third kappa shape index (κ3) is 6.62. The number of nitrogens with one attached hydrogen (secondary N) is 1. The Morgan fingerprint density at radius 3 is 2.38 bits per heavy atom. The van der Waals surface area contributed by atoms with Gasteiger partial charge in [-0.3, -0.25) is 10.2 Å². The molecule has 0 radical (unpaired) electrons. The molecule has 0 spiro atoms. The molecule has 0 aromatic heterocycles. The topological polar surface area (TPSA) is 64.3 Å². The summed E-state index contributed by atoms with van der Waals surface area (Å²) >= 11 is 0. The first-order valence-corrected chi connectivity index (χ1v) is 4.84. The fourth-order valence-electron chi connectivity index (χ4n) is 0.963. The summed E-state index contributed by atoms with van der Waals surface area (Å²) in [6.45, 7) is 3.20. The zero-order valence-corrected chi connectivity index (χ0v) is 9.36. The molecule has 0 aliphatic rings. The molecule has 0 bridgehead atoms. The van der Waals surface area contributed by atoms with Crippen LogP contribution >= 0.6 is 0 Å². The number of rotatable bonds is 6. The van der Waals surface area contributed by atoms with E-state index >= 15 is 0 Å². The van der Waals surface area contributed by atoms with Gasteiger partial charge in [0, 0.05) is 13.0 Å². The third-order valence-electron chi connectivity index (χ3n) is 1.96. The van der Waals surface area contributed by atoms with Crippen LogP contribution in [0.3, 0.4) is 0 Å². The van der Waals surface area contributed by atoms with Crippen molar-refractivity contribution in [3.63, 3.8) is 0 Å². The Morgan fingerprint density at radius 1 is 1.38 bits per heavy atom. The van der Waals surface area contributed by atoms with Crippen LogP contribution in [0.1, 0.15) is 26.7 Å². The highest BCUT2D eigenvalue weighted by atomic mass is 19.4. The summed E-state index contributed by atoms with van der Waals surface area (Å²) in [5.41, 5.74) is 1.13. The van der Waals surface area contributed by atoms with Crippen LogP contribution in [0.25, 0.3) is 0 Å². The van der Waals surface area contributed by atoms with E-state index in [9.17, 15) is 18.0 Å². The molecule has 0 unspecified atom stereocenters. The fourth-order valence-corrected chi connectivity index (χ4v) is 0.963. The number of nitrogens with two attached hydrogens (primary N) is 1. The van der Waals surface area contributed by atoms with Crippen molar-refractivity contribution in [1.29, 1.82) is 0 Å². The molecule has 96 valence electrons. The maximum absolute atomic E-state index is 11.8. The van der Waals surface area contributed by atoms with Crippen LogP contribution in [0, 0.1) is 5.41 Å². The predicted octanol–water partition coefficient (Wildman–Crippen LogP) is 1.36.